The van der Waals surface area contributed by atoms with Gasteiger partial charge in [-0.3, -0.25) is 14.6 Å². The van der Waals surface area contributed by atoms with Gasteiger partial charge in [0.1, 0.15) is 18.2 Å². The Morgan fingerprint density at radius 2 is 1.33 bits per heavy atom. The number of esters is 2. The molecule has 1 unspecified atom stereocenters. The maximum atomic E-state index is 13.3. The van der Waals surface area contributed by atoms with E-state index < -0.39 is 36.1 Å². The van der Waals surface area contributed by atoms with Gasteiger partial charge in [0.25, 0.3) is 5.56 Å². The summed E-state index contributed by atoms with van der Waals surface area (Å²) in [4.78, 5) is 57.9. The van der Waals surface area contributed by atoms with E-state index in [0.717, 1.165) is 47.2 Å². The number of aromatic nitrogens is 2. The summed E-state index contributed by atoms with van der Waals surface area (Å²) in [6.45, 7) is 7.47. The Hall–Kier alpha value is -4.25. The first-order valence-electron chi connectivity index (χ1n) is 20.3. The number of aromatic amines is 2. The fourth-order valence-corrected chi connectivity index (χ4v) is 7.44. The molecule has 0 saturated heterocycles. The van der Waals surface area contributed by atoms with E-state index in [1.807, 2.05) is 48.5 Å². The molecule has 3 N–H and O–H groups in total. The number of carbonyl (C=O) groups excluding carboxylic acids is 3. The monoisotopic (exact) mass is 775 g/mol. The molecular formula is C44H61N3O7S. The van der Waals surface area contributed by atoms with Crippen molar-refractivity contribution in [3.05, 3.63) is 86.0 Å². The second-order valence-electron chi connectivity index (χ2n) is 15.6. The molecule has 1 aliphatic carbocycles. The molecule has 11 heteroatoms. The van der Waals surface area contributed by atoms with Gasteiger partial charge in [-0.15, -0.1) is 0 Å². The summed E-state index contributed by atoms with van der Waals surface area (Å²) in [6.07, 6.45) is 15.1. The van der Waals surface area contributed by atoms with Crippen LogP contribution in [-0.4, -0.2) is 52.9 Å². The summed E-state index contributed by atoms with van der Waals surface area (Å²) in [5.74, 6) is -1.61. The molecule has 0 aliphatic heterocycles. The maximum Gasteiger partial charge on any atom is 0.407 e. The first kappa shape index (κ1) is 43.5. The van der Waals surface area contributed by atoms with Crippen LogP contribution >= 0.6 is 12.2 Å². The van der Waals surface area contributed by atoms with Crippen molar-refractivity contribution < 1.29 is 28.6 Å². The summed E-state index contributed by atoms with van der Waals surface area (Å²) in [7, 11) is 0. The highest BCUT2D eigenvalue weighted by atomic mass is 32.1. The molecule has 55 heavy (non-hydrogen) atoms. The Kier molecular flexibility index (Phi) is 17.7. The lowest BCUT2D eigenvalue weighted by Gasteiger charge is -2.22. The summed E-state index contributed by atoms with van der Waals surface area (Å²) in [5.41, 5.74) is 4.73. The molecule has 1 atom stereocenters. The van der Waals surface area contributed by atoms with Crippen molar-refractivity contribution in [1.29, 1.82) is 0 Å². The molecule has 3 aromatic rings. The van der Waals surface area contributed by atoms with Gasteiger partial charge in [-0.25, -0.2) is 9.59 Å². The average Bonchev–Trinajstić information content (AvgIpc) is 3.46. The summed E-state index contributed by atoms with van der Waals surface area (Å²) in [5, 5.41) is 2.54. The Bertz CT molecular complexity index is 1770. The van der Waals surface area contributed by atoms with Crippen LogP contribution in [0.2, 0.25) is 0 Å². The number of unbranched alkanes of at least 4 members (excludes halogenated alkanes) is 11. The van der Waals surface area contributed by atoms with Gasteiger partial charge < -0.3 is 24.5 Å². The number of hydrogen-bond acceptors (Lipinski definition) is 8. The number of nitrogens with one attached hydrogen (secondary N) is 3. The van der Waals surface area contributed by atoms with Gasteiger partial charge in [0, 0.05) is 17.2 Å². The number of alkyl carbamates (subject to hydrolysis) is 1. The van der Waals surface area contributed by atoms with Crippen LogP contribution in [0.3, 0.4) is 0 Å². The van der Waals surface area contributed by atoms with Crippen molar-refractivity contribution in [2.75, 3.05) is 13.2 Å². The number of hydrogen-bond donors (Lipinski definition) is 3. The SMILES string of the molecule is CCCCCCCCCCCCCCc1c(CCCOC(=O)C(CC(=O)OC(C)(C)C)NC(=O)OCC2c3ccccc3-c3ccccc32)[nH]c(=S)[nH]c1=O. The third kappa shape index (κ3) is 14.4. The van der Waals surface area contributed by atoms with Gasteiger partial charge in [0.2, 0.25) is 0 Å². The minimum atomic E-state index is -1.32. The third-order valence-electron chi connectivity index (χ3n) is 9.94. The van der Waals surface area contributed by atoms with Crippen molar-refractivity contribution in [3.8, 4) is 11.1 Å². The van der Waals surface area contributed by atoms with Gasteiger partial charge in [-0.1, -0.05) is 126 Å². The predicted octanol–water partition coefficient (Wildman–Crippen LogP) is 9.79. The van der Waals surface area contributed by atoms with Crippen molar-refractivity contribution in [1.82, 2.24) is 15.3 Å². The van der Waals surface area contributed by atoms with Crippen molar-refractivity contribution in [2.24, 2.45) is 0 Å². The minimum Gasteiger partial charge on any atom is -0.464 e. The van der Waals surface area contributed by atoms with Crippen LogP contribution < -0.4 is 10.9 Å². The first-order chi connectivity index (χ1) is 26.5. The Balaban J connectivity index is 1.26. The zero-order chi connectivity index (χ0) is 39.6. The standard InChI is InChI=1S/C44H61N3O7S/c1-5-6-7-8-9-10-11-12-13-14-15-16-26-35-37(45-42(55)47-40(35)49)27-21-28-52-41(50)38(29-39(48)54-44(2,3)4)46-43(51)53-30-36-33-24-19-17-22-31(33)32-23-18-20-25-34(32)36/h17-20,22-25,36,38H,5-16,21,26-30H2,1-4H3,(H,46,51)(H2,45,47,49,55). The van der Waals surface area contributed by atoms with Crippen LogP contribution in [0.15, 0.2) is 53.3 Å². The largest absolute Gasteiger partial charge is 0.464 e. The van der Waals surface area contributed by atoms with E-state index in [1.54, 1.807) is 20.8 Å². The second kappa shape index (κ2) is 22.3. The second-order valence-corrected chi connectivity index (χ2v) is 16.0. The highest BCUT2D eigenvalue weighted by molar-refractivity contribution is 7.71. The van der Waals surface area contributed by atoms with E-state index in [-0.39, 0.29) is 29.5 Å². The van der Waals surface area contributed by atoms with E-state index in [4.69, 9.17) is 26.4 Å². The lowest BCUT2D eigenvalue weighted by atomic mass is 9.98. The zero-order valence-corrected chi connectivity index (χ0v) is 34.1. The molecule has 0 radical (unpaired) electrons. The third-order valence-corrected chi connectivity index (χ3v) is 10.1. The highest BCUT2D eigenvalue weighted by Crippen LogP contribution is 2.44. The minimum absolute atomic E-state index is 0.00145. The van der Waals surface area contributed by atoms with Crippen LogP contribution in [0.25, 0.3) is 11.1 Å². The topological polar surface area (TPSA) is 140 Å². The zero-order valence-electron chi connectivity index (χ0n) is 33.3. The molecule has 0 saturated carbocycles. The number of carbonyl (C=O) groups is 3. The maximum absolute atomic E-state index is 13.3. The number of rotatable bonds is 23. The van der Waals surface area contributed by atoms with Crippen LogP contribution in [0, 0.1) is 4.77 Å². The number of aryl methyl sites for hydroxylation is 1. The molecule has 2 aromatic carbocycles. The first-order valence-corrected chi connectivity index (χ1v) is 20.7. The smallest absolute Gasteiger partial charge is 0.407 e. The molecule has 300 valence electrons. The van der Waals surface area contributed by atoms with Crippen molar-refractivity contribution >= 4 is 30.2 Å². The lowest BCUT2D eigenvalue weighted by Crippen LogP contribution is -2.44. The Morgan fingerprint density at radius 3 is 1.91 bits per heavy atom. The fraction of sp³-hybridized carbons (Fsp3) is 0.568. The van der Waals surface area contributed by atoms with E-state index in [9.17, 15) is 19.2 Å². The molecule has 0 bridgehead atoms. The van der Waals surface area contributed by atoms with Crippen LogP contribution in [-0.2, 0) is 36.6 Å². The van der Waals surface area contributed by atoms with Crippen LogP contribution in [0.1, 0.15) is 146 Å². The number of H-pyrrole nitrogens is 2. The molecular weight excluding hydrogens is 715 g/mol. The van der Waals surface area contributed by atoms with Crippen molar-refractivity contribution in [2.45, 2.75) is 148 Å². The molecule has 1 aromatic heterocycles. The van der Waals surface area contributed by atoms with E-state index in [2.05, 4.69) is 22.2 Å². The molecule has 0 fully saturated rings. The van der Waals surface area contributed by atoms with Crippen LogP contribution in [0.4, 0.5) is 4.79 Å². The van der Waals surface area contributed by atoms with E-state index >= 15 is 0 Å². The Labute approximate surface area is 331 Å². The van der Waals surface area contributed by atoms with Crippen molar-refractivity contribution in [3.63, 3.8) is 0 Å². The quantitative estimate of drug-likeness (QED) is 0.0375. The van der Waals surface area contributed by atoms with Gasteiger partial charge in [-0.2, -0.15) is 0 Å². The Morgan fingerprint density at radius 1 is 0.764 bits per heavy atom. The van der Waals surface area contributed by atoms with Gasteiger partial charge in [0.05, 0.1) is 13.0 Å². The number of benzene rings is 2. The molecule has 10 nitrogen and oxygen atoms in total. The van der Waals surface area contributed by atoms with Gasteiger partial charge >= 0.3 is 18.0 Å². The predicted molar refractivity (Wildman–Crippen MR) is 219 cm³/mol. The van der Waals surface area contributed by atoms with E-state index in [1.165, 1.54) is 57.8 Å². The summed E-state index contributed by atoms with van der Waals surface area (Å²) < 4.78 is 16.9. The summed E-state index contributed by atoms with van der Waals surface area (Å²) >= 11 is 5.26. The van der Waals surface area contributed by atoms with Crippen LogP contribution in [0.5, 0.6) is 0 Å². The number of amides is 1. The lowest BCUT2D eigenvalue weighted by molar-refractivity contribution is -0.159. The highest BCUT2D eigenvalue weighted by Gasteiger charge is 2.32. The molecule has 0 spiro atoms. The molecule has 1 aliphatic rings. The fourth-order valence-electron chi connectivity index (χ4n) is 7.23. The average molecular weight is 776 g/mol. The number of ether oxygens (including phenoxy) is 3. The summed E-state index contributed by atoms with van der Waals surface area (Å²) in [6, 6.07) is 14.7. The van der Waals surface area contributed by atoms with Gasteiger partial charge in [-0.05, 0) is 80.9 Å². The molecule has 1 amide bonds. The molecule has 1 heterocycles. The van der Waals surface area contributed by atoms with E-state index in [0.29, 0.717) is 24.8 Å². The molecule has 4 rings (SSSR count). The van der Waals surface area contributed by atoms with Gasteiger partial charge in [0.15, 0.2) is 4.77 Å². The normalized spacial score (nSPS) is 12.8. The number of fused-ring (bicyclic) bond motifs is 3.